The summed E-state index contributed by atoms with van der Waals surface area (Å²) in [6, 6.07) is 0. The molecule has 37 valence electrons. The van der Waals surface area contributed by atoms with Crippen molar-refractivity contribution in [3.8, 4) is 0 Å². The molecular formula is C4H3ClNS. The van der Waals surface area contributed by atoms with Crippen LogP contribution in [0.15, 0.2) is 5.38 Å². The van der Waals surface area contributed by atoms with Crippen LogP contribution in [0.3, 0.4) is 0 Å². The highest BCUT2D eigenvalue weighted by molar-refractivity contribution is 7.09. The van der Waals surface area contributed by atoms with Gasteiger partial charge in [0.05, 0.1) is 5.88 Å². The third-order valence-corrected chi connectivity index (χ3v) is 1.69. The molecule has 0 aliphatic carbocycles. The van der Waals surface area contributed by atoms with Crippen LogP contribution in [0, 0.1) is 6.20 Å². The molecule has 0 unspecified atom stereocenters. The van der Waals surface area contributed by atoms with Gasteiger partial charge in [0, 0.05) is 5.38 Å². The van der Waals surface area contributed by atoms with Gasteiger partial charge in [-0.2, -0.15) is 0 Å². The van der Waals surface area contributed by atoms with E-state index in [0.29, 0.717) is 5.88 Å². The van der Waals surface area contributed by atoms with E-state index in [1.54, 1.807) is 5.38 Å². The van der Waals surface area contributed by atoms with Crippen molar-refractivity contribution in [3.63, 3.8) is 0 Å². The maximum absolute atomic E-state index is 5.40. The molecule has 1 radical (unpaired) electrons. The minimum Gasteiger partial charge on any atom is -0.238 e. The van der Waals surface area contributed by atoms with Crippen LogP contribution in [0.4, 0.5) is 0 Å². The van der Waals surface area contributed by atoms with E-state index < -0.39 is 0 Å². The van der Waals surface area contributed by atoms with Crippen LogP contribution in [-0.2, 0) is 5.88 Å². The zero-order valence-electron chi connectivity index (χ0n) is 3.52. The molecule has 0 amide bonds. The fraction of sp³-hybridized carbons (Fsp3) is 0.250. The maximum atomic E-state index is 5.40. The Hall–Kier alpha value is -0.0800. The number of alkyl halides is 1. The van der Waals surface area contributed by atoms with Crippen molar-refractivity contribution in [1.82, 2.24) is 4.98 Å². The predicted molar refractivity (Wildman–Crippen MR) is 30.5 cm³/mol. The minimum absolute atomic E-state index is 0.508. The maximum Gasteiger partial charge on any atom is 0.108 e. The van der Waals surface area contributed by atoms with Gasteiger partial charge in [-0.3, -0.25) is 0 Å². The van der Waals surface area contributed by atoms with Crippen molar-refractivity contribution < 1.29 is 0 Å². The van der Waals surface area contributed by atoms with Gasteiger partial charge in [0.25, 0.3) is 0 Å². The lowest BCUT2D eigenvalue weighted by Crippen LogP contribution is -1.67. The Morgan fingerprint density at radius 2 is 2.86 bits per heavy atom. The summed E-state index contributed by atoms with van der Waals surface area (Å²) in [5.74, 6) is 0.508. The molecular weight excluding hydrogens is 130 g/mol. The molecule has 0 atom stereocenters. The Labute approximate surface area is 51.0 Å². The fourth-order valence-electron chi connectivity index (χ4n) is 0.280. The number of aromatic nitrogens is 1. The van der Waals surface area contributed by atoms with Gasteiger partial charge in [0.2, 0.25) is 0 Å². The Balaban J connectivity index is 2.76. The first-order valence-corrected chi connectivity index (χ1v) is 3.21. The van der Waals surface area contributed by atoms with Crippen LogP contribution in [-0.4, -0.2) is 4.98 Å². The van der Waals surface area contributed by atoms with Crippen molar-refractivity contribution in [2.75, 3.05) is 0 Å². The van der Waals surface area contributed by atoms with Gasteiger partial charge >= 0.3 is 0 Å². The van der Waals surface area contributed by atoms with Crippen LogP contribution in [0.5, 0.6) is 0 Å². The van der Waals surface area contributed by atoms with Crippen molar-refractivity contribution >= 4 is 22.9 Å². The molecule has 3 heteroatoms. The Morgan fingerprint density at radius 3 is 3.14 bits per heavy atom. The first-order chi connectivity index (χ1) is 3.43. The second kappa shape index (κ2) is 2.28. The molecule has 0 fully saturated rings. The number of nitrogens with zero attached hydrogens (tertiary/aromatic N) is 1. The predicted octanol–water partition coefficient (Wildman–Crippen LogP) is 1.68. The number of hydrogen-bond acceptors (Lipinski definition) is 2. The topological polar surface area (TPSA) is 12.9 Å². The lowest BCUT2D eigenvalue weighted by atomic mass is 10.8. The number of hydrogen-bond donors (Lipinski definition) is 0. The summed E-state index contributed by atoms with van der Waals surface area (Å²) in [6.45, 7) is 0. The molecule has 0 aliphatic rings. The molecule has 0 saturated carbocycles. The first-order valence-electron chi connectivity index (χ1n) is 1.80. The standard InChI is InChI=1S/C4H3ClNS/c5-3-4-6-1-2-7-4/h2H,3H2. The zero-order chi connectivity index (χ0) is 5.11. The normalized spacial score (nSPS) is 9.29. The molecule has 1 aromatic rings. The van der Waals surface area contributed by atoms with Crippen molar-refractivity contribution in [3.05, 3.63) is 16.6 Å². The van der Waals surface area contributed by atoms with Gasteiger partial charge in [0.1, 0.15) is 11.2 Å². The van der Waals surface area contributed by atoms with E-state index in [0.717, 1.165) is 5.01 Å². The van der Waals surface area contributed by atoms with Crippen LogP contribution < -0.4 is 0 Å². The molecule has 1 rings (SSSR count). The summed E-state index contributed by atoms with van der Waals surface area (Å²) < 4.78 is 0. The van der Waals surface area contributed by atoms with E-state index in [-0.39, 0.29) is 0 Å². The number of thiazole rings is 1. The summed E-state index contributed by atoms with van der Waals surface area (Å²) in [4.78, 5) is 3.80. The second-order valence-electron chi connectivity index (χ2n) is 1.00. The molecule has 1 nitrogen and oxygen atoms in total. The quantitative estimate of drug-likeness (QED) is 0.530. The van der Waals surface area contributed by atoms with Crippen LogP contribution in [0.1, 0.15) is 5.01 Å². The Morgan fingerprint density at radius 1 is 2.00 bits per heavy atom. The third kappa shape index (κ3) is 1.14. The molecule has 0 saturated heterocycles. The van der Waals surface area contributed by atoms with Gasteiger partial charge in [0.15, 0.2) is 0 Å². The van der Waals surface area contributed by atoms with E-state index in [1.807, 2.05) is 0 Å². The third-order valence-electron chi connectivity index (χ3n) is 0.551. The molecule has 0 bridgehead atoms. The van der Waals surface area contributed by atoms with Gasteiger partial charge < -0.3 is 0 Å². The monoisotopic (exact) mass is 132 g/mol. The zero-order valence-corrected chi connectivity index (χ0v) is 5.09. The second-order valence-corrected chi connectivity index (χ2v) is 2.21. The van der Waals surface area contributed by atoms with Crippen molar-refractivity contribution in [2.45, 2.75) is 5.88 Å². The molecule has 0 N–H and O–H groups in total. The van der Waals surface area contributed by atoms with Crippen molar-refractivity contribution in [1.29, 1.82) is 0 Å². The van der Waals surface area contributed by atoms with E-state index in [9.17, 15) is 0 Å². The number of halogens is 1. The number of rotatable bonds is 1. The average Bonchev–Trinajstić information content (AvgIpc) is 2.14. The Bertz CT molecular complexity index is 126. The first kappa shape index (κ1) is 5.06. The van der Waals surface area contributed by atoms with Gasteiger partial charge in [-0.15, -0.1) is 22.9 Å². The SMILES string of the molecule is ClCc1n[c]cs1. The summed E-state index contributed by atoms with van der Waals surface area (Å²) in [7, 11) is 0. The highest BCUT2D eigenvalue weighted by Gasteiger charge is 1.87. The molecule has 0 aromatic carbocycles. The molecule has 1 heterocycles. The molecule has 1 aromatic heterocycles. The summed E-state index contributed by atoms with van der Waals surface area (Å²) >= 11 is 6.92. The minimum atomic E-state index is 0.508. The van der Waals surface area contributed by atoms with Crippen molar-refractivity contribution in [2.24, 2.45) is 0 Å². The van der Waals surface area contributed by atoms with E-state index in [1.165, 1.54) is 11.3 Å². The van der Waals surface area contributed by atoms with E-state index in [4.69, 9.17) is 11.6 Å². The van der Waals surface area contributed by atoms with Gasteiger partial charge in [-0.1, -0.05) is 0 Å². The van der Waals surface area contributed by atoms with Crippen LogP contribution in [0.2, 0.25) is 0 Å². The van der Waals surface area contributed by atoms with Gasteiger partial charge in [-0.05, 0) is 0 Å². The lowest BCUT2D eigenvalue weighted by molar-refractivity contribution is 1.25. The highest BCUT2D eigenvalue weighted by Crippen LogP contribution is 2.04. The summed E-state index contributed by atoms with van der Waals surface area (Å²) in [6.07, 6.45) is 2.66. The van der Waals surface area contributed by atoms with E-state index >= 15 is 0 Å². The summed E-state index contributed by atoms with van der Waals surface area (Å²) in [5, 5.41) is 2.72. The lowest BCUT2D eigenvalue weighted by Gasteiger charge is -1.74. The van der Waals surface area contributed by atoms with E-state index in [2.05, 4.69) is 11.2 Å². The van der Waals surface area contributed by atoms with Crippen LogP contribution >= 0.6 is 22.9 Å². The average molecular weight is 133 g/mol. The summed E-state index contributed by atoms with van der Waals surface area (Å²) in [5.41, 5.74) is 0. The fourth-order valence-corrected chi connectivity index (χ4v) is 0.939. The molecule has 7 heavy (non-hydrogen) atoms. The smallest absolute Gasteiger partial charge is 0.108 e. The largest absolute Gasteiger partial charge is 0.238 e. The Kier molecular flexibility index (Phi) is 1.65. The van der Waals surface area contributed by atoms with Crippen LogP contribution in [0.25, 0.3) is 0 Å². The highest BCUT2D eigenvalue weighted by atomic mass is 35.5. The van der Waals surface area contributed by atoms with Gasteiger partial charge in [-0.25, -0.2) is 4.98 Å². The molecule has 0 spiro atoms. The molecule has 0 aliphatic heterocycles.